The average molecular weight is 356 g/mol. The first kappa shape index (κ1) is 20.1. The summed E-state index contributed by atoms with van der Waals surface area (Å²) in [6.07, 6.45) is -0.255. The molecule has 7 nitrogen and oxygen atoms in total. The van der Waals surface area contributed by atoms with Crippen molar-refractivity contribution >= 4 is 21.9 Å². The number of likely N-dealkylation sites (N-methyl/N-ethyl adjacent to an activating group) is 1. The highest BCUT2D eigenvalue weighted by atomic mass is 32.2. The Bertz CT molecular complexity index is 670. The summed E-state index contributed by atoms with van der Waals surface area (Å²) in [6, 6.07) is 5.20. The third-order valence-corrected chi connectivity index (χ3v) is 4.98. The van der Waals surface area contributed by atoms with Crippen molar-refractivity contribution in [2.24, 2.45) is 0 Å². The van der Waals surface area contributed by atoms with Gasteiger partial charge in [-0.05, 0) is 51.5 Å². The SMILES string of the molecule is CCNC(=O)[C@H](C)OC(=O)c1ccc(S(=O)(=O)N[C@@H](C)CC)cc1. The number of ether oxygens (including phenoxy) is 1. The molecule has 2 N–H and O–H groups in total. The van der Waals surface area contributed by atoms with Crippen molar-refractivity contribution in [3.05, 3.63) is 29.8 Å². The van der Waals surface area contributed by atoms with Gasteiger partial charge < -0.3 is 10.1 Å². The molecule has 0 saturated heterocycles. The van der Waals surface area contributed by atoms with E-state index < -0.39 is 22.1 Å². The molecular weight excluding hydrogens is 332 g/mol. The summed E-state index contributed by atoms with van der Waals surface area (Å²) in [6.45, 7) is 7.32. The molecule has 0 saturated carbocycles. The Morgan fingerprint density at radius 3 is 2.21 bits per heavy atom. The van der Waals surface area contributed by atoms with Gasteiger partial charge in [0, 0.05) is 12.6 Å². The van der Waals surface area contributed by atoms with Crippen LogP contribution in [0, 0.1) is 0 Å². The van der Waals surface area contributed by atoms with E-state index in [0.717, 1.165) is 0 Å². The zero-order chi connectivity index (χ0) is 18.3. The number of sulfonamides is 1. The predicted molar refractivity (Wildman–Crippen MR) is 90.1 cm³/mol. The van der Waals surface area contributed by atoms with Gasteiger partial charge >= 0.3 is 5.97 Å². The first-order chi connectivity index (χ1) is 11.2. The molecule has 0 aliphatic heterocycles. The van der Waals surface area contributed by atoms with Gasteiger partial charge in [-0.3, -0.25) is 4.79 Å². The first-order valence-corrected chi connectivity index (χ1v) is 9.30. The number of hydrogen-bond acceptors (Lipinski definition) is 5. The van der Waals surface area contributed by atoms with Crippen molar-refractivity contribution in [3.8, 4) is 0 Å². The van der Waals surface area contributed by atoms with Crippen LogP contribution in [0.4, 0.5) is 0 Å². The van der Waals surface area contributed by atoms with Gasteiger partial charge in [0.2, 0.25) is 10.0 Å². The lowest BCUT2D eigenvalue weighted by Crippen LogP contribution is -2.35. The van der Waals surface area contributed by atoms with Crippen LogP contribution < -0.4 is 10.0 Å². The highest BCUT2D eigenvalue weighted by molar-refractivity contribution is 7.89. The Morgan fingerprint density at radius 2 is 1.71 bits per heavy atom. The van der Waals surface area contributed by atoms with Crippen LogP contribution in [0.15, 0.2) is 29.2 Å². The molecule has 1 rings (SSSR count). The zero-order valence-electron chi connectivity index (χ0n) is 14.3. The fourth-order valence-corrected chi connectivity index (χ4v) is 3.11. The number of rotatable bonds is 8. The van der Waals surface area contributed by atoms with Crippen LogP contribution in [0.5, 0.6) is 0 Å². The van der Waals surface area contributed by atoms with Crippen LogP contribution in [0.2, 0.25) is 0 Å². The van der Waals surface area contributed by atoms with E-state index in [4.69, 9.17) is 4.74 Å². The summed E-state index contributed by atoms with van der Waals surface area (Å²) in [4.78, 5) is 23.6. The molecule has 0 radical (unpaired) electrons. The normalized spacial score (nSPS) is 13.8. The number of amides is 1. The molecule has 0 unspecified atom stereocenters. The van der Waals surface area contributed by atoms with Gasteiger partial charge in [0.1, 0.15) is 0 Å². The molecular formula is C16H24N2O5S. The second-order valence-electron chi connectivity index (χ2n) is 5.40. The highest BCUT2D eigenvalue weighted by Crippen LogP contribution is 2.13. The van der Waals surface area contributed by atoms with Crippen LogP contribution in [0.25, 0.3) is 0 Å². The Hall–Kier alpha value is -1.93. The smallest absolute Gasteiger partial charge is 0.338 e. The maximum Gasteiger partial charge on any atom is 0.338 e. The number of nitrogens with one attached hydrogen (secondary N) is 2. The topological polar surface area (TPSA) is 102 Å². The van der Waals surface area contributed by atoms with Gasteiger partial charge in [0.05, 0.1) is 10.5 Å². The van der Waals surface area contributed by atoms with Crippen LogP contribution in [-0.4, -0.2) is 39.0 Å². The molecule has 8 heteroatoms. The van der Waals surface area contributed by atoms with E-state index in [1.54, 1.807) is 13.8 Å². The van der Waals surface area contributed by atoms with Crippen molar-refractivity contribution in [3.63, 3.8) is 0 Å². The summed E-state index contributed by atoms with van der Waals surface area (Å²) >= 11 is 0. The number of benzene rings is 1. The minimum atomic E-state index is -3.62. The summed E-state index contributed by atoms with van der Waals surface area (Å²) in [7, 11) is -3.62. The number of esters is 1. The third kappa shape index (κ3) is 5.61. The Balaban J connectivity index is 2.80. The standard InChI is InChI=1S/C16H24N2O5S/c1-5-11(3)18-24(21,22)14-9-7-13(8-10-14)16(20)23-12(4)15(19)17-6-2/h7-12,18H,5-6H2,1-4H3,(H,17,19)/t11-,12-/m0/s1. The lowest BCUT2D eigenvalue weighted by molar-refractivity contribution is -0.128. The van der Waals surface area contributed by atoms with Crippen molar-refractivity contribution in [2.75, 3.05) is 6.54 Å². The summed E-state index contributed by atoms with van der Waals surface area (Å²) in [5.41, 5.74) is 0.175. The zero-order valence-corrected chi connectivity index (χ0v) is 15.1. The summed E-state index contributed by atoms with van der Waals surface area (Å²) in [5, 5.41) is 2.55. The average Bonchev–Trinajstić information content (AvgIpc) is 2.54. The molecule has 0 aliphatic rings. The molecule has 0 heterocycles. The number of carbonyl (C=O) groups excluding carboxylic acids is 2. The Labute approximate surface area is 142 Å². The minimum Gasteiger partial charge on any atom is -0.449 e. The molecule has 24 heavy (non-hydrogen) atoms. The number of carbonyl (C=O) groups is 2. The minimum absolute atomic E-state index is 0.0659. The van der Waals surface area contributed by atoms with Gasteiger partial charge in [-0.15, -0.1) is 0 Å². The molecule has 0 bridgehead atoms. The summed E-state index contributed by atoms with van der Waals surface area (Å²) < 4.78 is 31.9. The largest absolute Gasteiger partial charge is 0.449 e. The first-order valence-electron chi connectivity index (χ1n) is 7.82. The molecule has 134 valence electrons. The molecule has 0 spiro atoms. The highest BCUT2D eigenvalue weighted by Gasteiger charge is 2.20. The fraction of sp³-hybridized carbons (Fsp3) is 0.500. The van der Waals surface area contributed by atoms with Crippen molar-refractivity contribution < 1.29 is 22.7 Å². The van der Waals surface area contributed by atoms with Crippen LogP contribution in [0.1, 0.15) is 44.5 Å². The monoisotopic (exact) mass is 356 g/mol. The van der Waals surface area contributed by atoms with Crippen LogP contribution >= 0.6 is 0 Å². The second kappa shape index (κ2) is 8.79. The lowest BCUT2D eigenvalue weighted by atomic mass is 10.2. The van der Waals surface area contributed by atoms with Crippen molar-refractivity contribution in [2.45, 2.75) is 51.2 Å². The van der Waals surface area contributed by atoms with Gasteiger partial charge in [0.15, 0.2) is 6.10 Å². The Morgan fingerprint density at radius 1 is 1.12 bits per heavy atom. The van der Waals surface area contributed by atoms with E-state index in [2.05, 4.69) is 10.0 Å². The Kier molecular flexibility index (Phi) is 7.37. The molecule has 1 aromatic rings. The van der Waals surface area contributed by atoms with Gasteiger partial charge in [-0.2, -0.15) is 0 Å². The quantitative estimate of drug-likeness (QED) is 0.687. The maximum absolute atomic E-state index is 12.1. The van der Waals surface area contributed by atoms with Crippen molar-refractivity contribution in [1.82, 2.24) is 10.0 Å². The third-order valence-electron chi connectivity index (χ3n) is 3.37. The van der Waals surface area contributed by atoms with Crippen LogP contribution in [0.3, 0.4) is 0 Å². The van der Waals surface area contributed by atoms with E-state index >= 15 is 0 Å². The molecule has 1 aromatic carbocycles. The number of hydrogen-bond donors (Lipinski definition) is 2. The maximum atomic E-state index is 12.1. The van der Waals surface area contributed by atoms with E-state index in [0.29, 0.717) is 13.0 Å². The van der Waals surface area contributed by atoms with Gasteiger partial charge in [-0.25, -0.2) is 17.9 Å². The molecule has 0 aromatic heterocycles. The van der Waals surface area contributed by atoms with Gasteiger partial charge in [0.25, 0.3) is 5.91 Å². The molecule has 0 aliphatic carbocycles. The van der Waals surface area contributed by atoms with Crippen LogP contribution in [-0.2, 0) is 19.6 Å². The van der Waals surface area contributed by atoms with E-state index in [-0.39, 0.29) is 22.4 Å². The molecule has 0 fully saturated rings. The molecule has 1 amide bonds. The van der Waals surface area contributed by atoms with Crippen molar-refractivity contribution in [1.29, 1.82) is 0 Å². The van der Waals surface area contributed by atoms with E-state index in [9.17, 15) is 18.0 Å². The van der Waals surface area contributed by atoms with Gasteiger partial charge in [-0.1, -0.05) is 6.92 Å². The van der Waals surface area contributed by atoms with E-state index in [1.165, 1.54) is 31.2 Å². The summed E-state index contributed by atoms with van der Waals surface area (Å²) in [5.74, 6) is -1.07. The second-order valence-corrected chi connectivity index (χ2v) is 7.11. The lowest BCUT2D eigenvalue weighted by Gasteiger charge is -2.14. The van der Waals surface area contributed by atoms with E-state index in [1.807, 2.05) is 6.92 Å². The predicted octanol–water partition coefficient (Wildman–Crippen LogP) is 1.44. The molecule has 2 atom stereocenters. The fourth-order valence-electron chi connectivity index (χ4n) is 1.79.